The van der Waals surface area contributed by atoms with Crippen molar-refractivity contribution in [2.45, 2.75) is 45.2 Å². The molecule has 1 aliphatic carbocycles. The molecule has 1 saturated carbocycles. The molecule has 3 heteroatoms. The van der Waals surface area contributed by atoms with Gasteiger partial charge in [0.05, 0.1) is 0 Å². The highest BCUT2D eigenvalue weighted by Crippen LogP contribution is 2.29. The number of carbonyl (C=O) groups is 1. The van der Waals surface area contributed by atoms with Crippen LogP contribution in [0.25, 0.3) is 0 Å². The minimum atomic E-state index is -0.220. The zero-order valence-corrected chi connectivity index (χ0v) is 10.2. The number of rotatable bonds is 5. The molecule has 2 rings (SSSR count). The first-order valence-electron chi connectivity index (χ1n) is 6.25. The van der Waals surface area contributed by atoms with E-state index < -0.39 is 0 Å². The van der Waals surface area contributed by atoms with Crippen LogP contribution >= 0.6 is 0 Å². The molecule has 1 amide bonds. The van der Waals surface area contributed by atoms with E-state index in [4.69, 9.17) is 0 Å². The van der Waals surface area contributed by atoms with E-state index in [1.54, 1.807) is 12.1 Å². The second-order valence-electron chi connectivity index (χ2n) is 4.59. The number of benzene rings is 1. The van der Waals surface area contributed by atoms with Gasteiger partial charge in [-0.1, -0.05) is 25.1 Å². The van der Waals surface area contributed by atoms with Crippen molar-refractivity contribution in [3.8, 4) is 0 Å². The van der Waals surface area contributed by atoms with Crippen LogP contribution in [0.1, 0.15) is 38.2 Å². The van der Waals surface area contributed by atoms with Crippen molar-refractivity contribution in [1.29, 1.82) is 0 Å². The minimum Gasteiger partial charge on any atom is -0.335 e. The first kappa shape index (κ1) is 12.1. The van der Waals surface area contributed by atoms with Gasteiger partial charge in [0.25, 0.3) is 0 Å². The van der Waals surface area contributed by atoms with Crippen molar-refractivity contribution in [3.63, 3.8) is 0 Å². The Hall–Kier alpha value is -1.38. The molecule has 0 N–H and O–H groups in total. The van der Waals surface area contributed by atoms with E-state index in [1.807, 2.05) is 17.9 Å². The molecule has 0 unspecified atom stereocenters. The highest BCUT2D eigenvalue weighted by Gasteiger charge is 2.32. The van der Waals surface area contributed by atoms with Gasteiger partial charge in [-0.3, -0.25) is 4.79 Å². The summed E-state index contributed by atoms with van der Waals surface area (Å²) in [7, 11) is 0. The molecule has 1 fully saturated rings. The van der Waals surface area contributed by atoms with Gasteiger partial charge in [0.1, 0.15) is 5.82 Å². The summed E-state index contributed by atoms with van der Waals surface area (Å²) in [6, 6.07) is 7.03. The number of carbonyl (C=O) groups excluding carboxylic acids is 1. The average Bonchev–Trinajstić information content (AvgIpc) is 3.12. The van der Waals surface area contributed by atoms with Crippen molar-refractivity contribution in [2.75, 3.05) is 0 Å². The zero-order valence-electron chi connectivity index (χ0n) is 10.2. The molecular weight excluding hydrogens is 217 g/mol. The van der Waals surface area contributed by atoms with Gasteiger partial charge in [-0.15, -0.1) is 0 Å². The van der Waals surface area contributed by atoms with Gasteiger partial charge in [0, 0.05) is 24.6 Å². The lowest BCUT2D eigenvalue weighted by molar-refractivity contribution is -0.132. The average molecular weight is 235 g/mol. The summed E-state index contributed by atoms with van der Waals surface area (Å²) in [5.41, 5.74) is 0.615. The van der Waals surface area contributed by atoms with Crippen LogP contribution in [0.4, 0.5) is 4.39 Å². The topological polar surface area (TPSA) is 20.3 Å². The maximum atomic E-state index is 13.5. The Morgan fingerprint density at radius 1 is 1.41 bits per heavy atom. The fourth-order valence-electron chi connectivity index (χ4n) is 1.97. The van der Waals surface area contributed by atoms with Crippen LogP contribution in [-0.4, -0.2) is 16.8 Å². The monoisotopic (exact) mass is 235 g/mol. The number of nitrogens with zero attached hydrogens (tertiary/aromatic N) is 1. The van der Waals surface area contributed by atoms with E-state index in [-0.39, 0.29) is 11.7 Å². The zero-order chi connectivity index (χ0) is 12.3. The van der Waals surface area contributed by atoms with Gasteiger partial charge in [-0.05, 0) is 25.3 Å². The van der Waals surface area contributed by atoms with Crippen molar-refractivity contribution in [2.24, 2.45) is 0 Å². The molecule has 92 valence electrons. The van der Waals surface area contributed by atoms with Gasteiger partial charge in [-0.2, -0.15) is 0 Å². The molecule has 0 atom stereocenters. The van der Waals surface area contributed by atoms with Crippen molar-refractivity contribution >= 4 is 5.91 Å². The second kappa shape index (κ2) is 5.30. The van der Waals surface area contributed by atoms with Crippen molar-refractivity contribution in [1.82, 2.24) is 4.90 Å². The molecule has 0 spiro atoms. The lowest BCUT2D eigenvalue weighted by atomic mass is 10.2. The molecule has 0 saturated heterocycles. The number of amides is 1. The Morgan fingerprint density at radius 3 is 2.71 bits per heavy atom. The molecule has 0 aromatic heterocycles. The summed E-state index contributed by atoms with van der Waals surface area (Å²) in [5, 5.41) is 0. The minimum absolute atomic E-state index is 0.151. The highest BCUT2D eigenvalue weighted by molar-refractivity contribution is 5.76. The highest BCUT2D eigenvalue weighted by atomic mass is 19.1. The smallest absolute Gasteiger partial charge is 0.223 e. The van der Waals surface area contributed by atoms with Gasteiger partial charge < -0.3 is 4.90 Å². The third kappa shape index (κ3) is 3.05. The fraction of sp³-hybridized carbons (Fsp3) is 0.500. The third-order valence-corrected chi connectivity index (χ3v) is 3.07. The van der Waals surface area contributed by atoms with Crippen LogP contribution in [0.2, 0.25) is 0 Å². The van der Waals surface area contributed by atoms with E-state index in [0.29, 0.717) is 24.6 Å². The molecule has 1 aliphatic rings. The largest absolute Gasteiger partial charge is 0.335 e. The Kier molecular flexibility index (Phi) is 3.77. The van der Waals surface area contributed by atoms with Crippen LogP contribution in [0.5, 0.6) is 0 Å². The van der Waals surface area contributed by atoms with Gasteiger partial charge in [0.15, 0.2) is 0 Å². The molecule has 0 radical (unpaired) electrons. The molecule has 17 heavy (non-hydrogen) atoms. The van der Waals surface area contributed by atoms with E-state index in [2.05, 4.69) is 0 Å². The second-order valence-corrected chi connectivity index (χ2v) is 4.59. The molecule has 0 aliphatic heterocycles. The van der Waals surface area contributed by atoms with Gasteiger partial charge >= 0.3 is 0 Å². The molecule has 0 bridgehead atoms. The summed E-state index contributed by atoms with van der Waals surface area (Å²) < 4.78 is 13.5. The van der Waals surface area contributed by atoms with E-state index in [0.717, 1.165) is 19.3 Å². The first-order valence-corrected chi connectivity index (χ1v) is 6.25. The predicted octanol–water partition coefficient (Wildman–Crippen LogP) is 3.12. The van der Waals surface area contributed by atoms with Gasteiger partial charge in [0.2, 0.25) is 5.91 Å². The van der Waals surface area contributed by atoms with Crippen molar-refractivity contribution < 1.29 is 9.18 Å². The predicted molar refractivity (Wildman–Crippen MR) is 64.9 cm³/mol. The lowest BCUT2D eigenvalue weighted by Gasteiger charge is -2.22. The summed E-state index contributed by atoms with van der Waals surface area (Å²) in [6.07, 6.45) is 3.53. The normalized spacial score (nSPS) is 14.7. The Bertz CT molecular complexity index is 401. The van der Waals surface area contributed by atoms with Crippen LogP contribution in [0.15, 0.2) is 24.3 Å². The lowest BCUT2D eigenvalue weighted by Crippen LogP contribution is -2.32. The number of hydrogen-bond donors (Lipinski definition) is 0. The summed E-state index contributed by atoms with van der Waals surface area (Å²) >= 11 is 0. The molecule has 1 aromatic rings. The van der Waals surface area contributed by atoms with Crippen LogP contribution < -0.4 is 0 Å². The first-order chi connectivity index (χ1) is 8.22. The Balaban J connectivity index is 2.08. The van der Waals surface area contributed by atoms with E-state index >= 15 is 0 Å². The van der Waals surface area contributed by atoms with E-state index in [9.17, 15) is 9.18 Å². The summed E-state index contributed by atoms with van der Waals surface area (Å²) in [6.45, 7) is 2.41. The number of halogens is 1. The molecule has 2 nitrogen and oxygen atoms in total. The Morgan fingerprint density at radius 2 is 2.12 bits per heavy atom. The molecule has 1 aromatic carbocycles. The summed E-state index contributed by atoms with van der Waals surface area (Å²) in [4.78, 5) is 13.8. The quantitative estimate of drug-likeness (QED) is 0.768. The molecular formula is C14H18FNO. The maximum Gasteiger partial charge on any atom is 0.223 e. The fourth-order valence-corrected chi connectivity index (χ4v) is 1.97. The summed E-state index contributed by atoms with van der Waals surface area (Å²) in [5.74, 6) is -0.0688. The van der Waals surface area contributed by atoms with E-state index in [1.165, 1.54) is 6.07 Å². The van der Waals surface area contributed by atoms with Crippen molar-refractivity contribution in [3.05, 3.63) is 35.6 Å². The SMILES string of the molecule is CCCC(=O)N(Cc1ccccc1F)C1CC1. The van der Waals surface area contributed by atoms with Crippen LogP contribution in [-0.2, 0) is 11.3 Å². The standard InChI is InChI=1S/C14H18FNO/c1-2-5-14(17)16(12-8-9-12)10-11-6-3-4-7-13(11)15/h3-4,6-7,12H,2,5,8-10H2,1H3. The van der Waals surface area contributed by atoms with Gasteiger partial charge in [-0.25, -0.2) is 4.39 Å². The maximum absolute atomic E-state index is 13.5. The van der Waals surface area contributed by atoms with Crippen LogP contribution in [0.3, 0.4) is 0 Å². The third-order valence-electron chi connectivity index (χ3n) is 3.07. The number of hydrogen-bond acceptors (Lipinski definition) is 1. The Labute approximate surface area is 101 Å². The van der Waals surface area contributed by atoms with Crippen LogP contribution in [0, 0.1) is 5.82 Å². The molecule has 0 heterocycles.